The number of hydrogen-bond acceptors (Lipinski definition) is 4. The maximum atomic E-state index is 12.7. The van der Waals surface area contributed by atoms with Crippen LogP contribution in [-0.4, -0.2) is 18.1 Å². The van der Waals surface area contributed by atoms with Gasteiger partial charge in [0.15, 0.2) is 0 Å². The zero-order chi connectivity index (χ0) is 11.8. The summed E-state index contributed by atoms with van der Waals surface area (Å²) in [4.78, 5) is 5.44. The molecule has 0 aromatic carbocycles. The van der Waals surface area contributed by atoms with Crippen molar-refractivity contribution < 1.29 is 13.2 Å². The summed E-state index contributed by atoms with van der Waals surface area (Å²) in [6, 6.07) is 2.21. The Labute approximate surface area is 90.2 Å². The monoisotopic (exact) mass is 232 g/mol. The number of hydrazine groups is 1. The first kappa shape index (κ1) is 11.0. The van der Waals surface area contributed by atoms with Gasteiger partial charge in [-0.1, -0.05) is 0 Å². The van der Waals surface area contributed by atoms with Gasteiger partial charge in [0, 0.05) is 13.1 Å². The minimum atomic E-state index is -4.38. The molecular formula is C9H11F3N4. The number of aromatic nitrogens is 1. The van der Waals surface area contributed by atoms with E-state index in [-0.39, 0.29) is 11.6 Å². The van der Waals surface area contributed by atoms with Crippen molar-refractivity contribution in [3.05, 3.63) is 17.7 Å². The van der Waals surface area contributed by atoms with Crippen molar-refractivity contribution in [1.29, 1.82) is 0 Å². The number of nitrogens with two attached hydrogens (primary N) is 1. The maximum Gasteiger partial charge on any atom is 0.419 e. The summed E-state index contributed by atoms with van der Waals surface area (Å²) in [7, 11) is 0. The zero-order valence-electron chi connectivity index (χ0n) is 8.38. The third-order valence-corrected chi connectivity index (χ3v) is 2.48. The number of rotatable bonds is 2. The van der Waals surface area contributed by atoms with Gasteiger partial charge < -0.3 is 10.3 Å². The van der Waals surface area contributed by atoms with Crippen LogP contribution in [0, 0.1) is 0 Å². The second kappa shape index (κ2) is 3.82. The van der Waals surface area contributed by atoms with Crippen molar-refractivity contribution in [3.8, 4) is 0 Å². The third kappa shape index (κ3) is 1.90. The second-order valence-electron chi connectivity index (χ2n) is 3.55. The number of nitrogens with one attached hydrogen (secondary N) is 1. The number of halogens is 3. The summed E-state index contributed by atoms with van der Waals surface area (Å²) in [5.41, 5.74) is 1.53. The number of hydrogen-bond donors (Lipinski definition) is 2. The minimum absolute atomic E-state index is 0.0470. The molecule has 0 unspecified atom stereocenters. The highest BCUT2D eigenvalue weighted by atomic mass is 19.4. The lowest BCUT2D eigenvalue weighted by Crippen LogP contribution is -2.39. The molecule has 2 heterocycles. The summed E-state index contributed by atoms with van der Waals surface area (Å²) in [5, 5.41) is 0. The molecular weight excluding hydrogens is 221 g/mol. The Kier molecular flexibility index (Phi) is 2.63. The summed E-state index contributed by atoms with van der Waals surface area (Å²) >= 11 is 0. The van der Waals surface area contributed by atoms with Gasteiger partial charge in [0.05, 0.1) is 5.56 Å². The third-order valence-electron chi connectivity index (χ3n) is 2.48. The Bertz CT molecular complexity index is 387. The number of alkyl halides is 3. The van der Waals surface area contributed by atoms with Crippen LogP contribution in [0.3, 0.4) is 0 Å². The molecule has 16 heavy (non-hydrogen) atoms. The molecule has 0 aliphatic carbocycles. The largest absolute Gasteiger partial charge is 0.419 e. The van der Waals surface area contributed by atoms with E-state index in [0.717, 1.165) is 12.5 Å². The molecule has 1 aromatic heterocycles. The summed E-state index contributed by atoms with van der Waals surface area (Å²) < 4.78 is 38.1. The number of nitrogens with zero attached hydrogens (tertiary/aromatic N) is 2. The van der Waals surface area contributed by atoms with Gasteiger partial charge in [-0.3, -0.25) is 0 Å². The average molecular weight is 232 g/mol. The topological polar surface area (TPSA) is 54.2 Å². The van der Waals surface area contributed by atoms with E-state index < -0.39 is 11.7 Å². The van der Waals surface area contributed by atoms with Gasteiger partial charge in [-0.05, 0) is 18.6 Å². The molecule has 4 nitrogen and oxygen atoms in total. The van der Waals surface area contributed by atoms with Crippen LogP contribution in [0.4, 0.5) is 24.8 Å². The van der Waals surface area contributed by atoms with Gasteiger partial charge in [0.1, 0.15) is 11.6 Å². The first-order valence-electron chi connectivity index (χ1n) is 4.82. The Morgan fingerprint density at radius 2 is 2.00 bits per heavy atom. The molecule has 0 saturated carbocycles. The van der Waals surface area contributed by atoms with Crippen molar-refractivity contribution in [2.24, 2.45) is 5.84 Å². The number of nitrogen functional groups attached to an aromatic ring is 1. The van der Waals surface area contributed by atoms with Gasteiger partial charge in [0.25, 0.3) is 0 Å². The number of anilines is 2. The van der Waals surface area contributed by atoms with Crippen molar-refractivity contribution in [1.82, 2.24) is 4.98 Å². The van der Waals surface area contributed by atoms with Crippen molar-refractivity contribution in [2.45, 2.75) is 12.6 Å². The van der Waals surface area contributed by atoms with Gasteiger partial charge in [-0.15, -0.1) is 0 Å². The number of pyridine rings is 1. The molecule has 0 atom stereocenters. The molecule has 0 radical (unpaired) electrons. The molecule has 2 rings (SSSR count). The quantitative estimate of drug-likeness (QED) is 0.600. The van der Waals surface area contributed by atoms with Gasteiger partial charge in [0.2, 0.25) is 0 Å². The molecule has 1 aromatic rings. The molecule has 7 heteroatoms. The van der Waals surface area contributed by atoms with Crippen LogP contribution in [-0.2, 0) is 6.18 Å². The van der Waals surface area contributed by atoms with E-state index in [9.17, 15) is 13.2 Å². The Hall–Kier alpha value is -1.50. The fraction of sp³-hybridized carbons (Fsp3) is 0.444. The molecule has 1 aliphatic heterocycles. The lowest BCUT2D eigenvalue weighted by molar-refractivity contribution is -0.137. The highest BCUT2D eigenvalue weighted by Gasteiger charge is 2.37. The SMILES string of the molecule is NNc1ccc(C(F)(F)F)c(N2CCC2)n1. The zero-order valence-corrected chi connectivity index (χ0v) is 8.38. The second-order valence-corrected chi connectivity index (χ2v) is 3.55. The molecule has 88 valence electrons. The Balaban J connectivity index is 2.42. The van der Waals surface area contributed by atoms with Crippen LogP contribution in [0.2, 0.25) is 0 Å². The normalized spacial score (nSPS) is 15.9. The lowest BCUT2D eigenvalue weighted by Gasteiger charge is -2.34. The molecule has 1 saturated heterocycles. The molecule has 1 fully saturated rings. The highest BCUT2D eigenvalue weighted by Crippen LogP contribution is 2.37. The van der Waals surface area contributed by atoms with Gasteiger partial charge in [-0.2, -0.15) is 13.2 Å². The predicted octanol–water partition coefficient (Wildman–Crippen LogP) is 1.60. The van der Waals surface area contributed by atoms with Crippen LogP contribution in [0.25, 0.3) is 0 Å². The first-order chi connectivity index (χ1) is 7.52. The van der Waals surface area contributed by atoms with Crippen molar-refractivity contribution >= 4 is 11.6 Å². The molecule has 0 amide bonds. The summed E-state index contributed by atoms with van der Waals surface area (Å²) in [6.07, 6.45) is -3.50. The highest BCUT2D eigenvalue weighted by molar-refractivity contribution is 5.55. The van der Waals surface area contributed by atoms with E-state index in [1.807, 2.05) is 0 Å². The van der Waals surface area contributed by atoms with Crippen molar-refractivity contribution in [3.63, 3.8) is 0 Å². The standard InChI is InChI=1S/C9H11F3N4/c10-9(11,12)6-2-3-7(15-13)14-8(6)16-4-1-5-16/h2-3H,1,4-5,13H2,(H,14,15). The lowest BCUT2D eigenvalue weighted by atomic mass is 10.1. The molecule has 0 spiro atoms. The van der Waals surface area contributed by atoms with Crippen LogP contribution < -0.4 is 16.2 Å². The Morgan fingerprint density at radius 3 is 2.44 bits per heavy atom. The van der Waals surface area contributed by atoms with E-state index in [2.05, 4.69) is 10.4 Å². The van der Waals surface area contributed by atoms with Crippen LogP contribution in [0.5, 0.6) is 0 Å². The van der Waals surface area contributed by atoms with E-state index in [1.165, 1.54) is 6.07 Å². The van der Waals surface area contributed by atoms with Crippen molar-refractivity contribution in [2.75, 3.05) is 23.4 Å². The predicted molar refractivity (Wildman–Crippen MR) is 53.9 cm³/mol. The molecule has 1 aliphatic rings. The fourth-order valence-corrected chi connectivity index (χ4v) is 1.52. The van der Waals surface area contributed by atoms with Crippen LogP contribution in [0.1, 0.15) is 12.0 Å². The summed E-state index contributed by atoms with van der Waals surface area (Å²) in [6.45, 7) is 1.20. The van der Waals surface area contributed by atoms with E-state index in [0.29, 0.717) is 13.1 Å². The Morgan fingerprint density at radius 1 is 1.31 bits per heavy atom. The smallest absolute Gasteiger partial charge is 0.356 e. The molecule has 0 bridgehead atoms. The van der Waals surface area contributed by atoms with E-state index in [1.54, 1.807) is 4.90 Å². The fourth-order valence-electron chi connectivity index (χ4n) is 1.52. The molecule has 3 N–H and O–H groups in total. The maximum absolute atomic E-state index is 12.7. The van der Waals surface area contributed by atoms with Gasteiger partial charge in [-0.25, -0.2) is 10.8 Å². The van der Waals surface area contributed by atoms with E-state index >= 15 is 0 Å². The van der Waals surface area contributed by atoms with Crippen LogP contribution in [0.15, 0.2) is 12.1 Å². The van der Waals surface area contributed by atoms with Crippen LogP contribution >= 0.6 is 0 Å². The van der Waals surface area contributed by atoms with Gasteiger partial charge >= 0.3 is 6.18 Å². The minimum Gasteiger partial charge on any atom is -0.356 e. The van der Waals surface area contributed by atoms with E-state index in [4.69, 9.17) is 5.84 Å². The first-order valence-corrected chi connectivity index (χ1v) is 4.82. The average Bonchev–Trinajstić information content (AvgIpc) is 2.13. The summed E-state index contributed by atoms with van der Waals surface area (Å²) in [5.74, 6) is 5.31.